The number of nitrogens with zero attached hydrogens (tertiary/aromatic N) is 1. The molecule has 2 N–H and O–H groups in total. The van der Waals surface area contributed by atoms with Gasteiger partial charge in [0.25, 0.3) is 0 Å². The predicted molar refractivity (Wildman–Crippen MR) is 90.8 cm³/mol. The van der Waals surface area contributed by atoms with Gasteiger partial charge in [-0.1, -0.05) is 18.2 Å². The molecule has 1 aliphatic heterocycles. The summed E-state index contributed by atoms with van der Waals surface area (Å²) >= 11 is 0. The maximum atomic E-state index is 12.1. The molecule has 7 heteroatoms. The lowest BCUT2D eigenvalue weighted by Gasteiger charge is -2.19. The number of anilines is 1. The number of hydrogen-bond acceptors (Lipinski definition) is 4. The van der Waals surface area contributed by atoms with Gasteiger partial charge in [-0.15, -0.1) is 0 Å². The van der Waals surface area contributed by atoms with Crippen molar-refractivity contribution in [2.75, 3.05) is 31.2 Å². The smallest absolute Gasteiger partial charge is 0.315 e. The molecule has 132 valence electrons. The highest BCUT2D eigenvalue weighted by Crippen LogP contribution is 2.20. The van der Waals surface area contributed by atoms with Crippen molar-refractivity contribution < 1.29 is 19.1 Å². The van der Waals surface area contributed by atoms with E-state index < -0.39 is 6.29 Å². The third kappa shape index (κ3) is 5.21. The molecule has 0 spiro atoms. The molecule has 1 heterocycles. The van der Waals surface area contributed by atoms with Gasteiger partial charge in [-0.3, -0.25) is 4.79 Å². The lowest BCUT2D eigenvalue weighted by atomic mass is 10.2. The topological polar surface area (TPSA) is 79.9 Å². The SMILES string of the molecule is CCOC(CNC(=O)N[C@H]1CC(=O)N(c2ccccc2)C1)OCC. The second-order valence-corrected chi connectivity index (χ2v) is 5.44. The molecule has 0 aromatic heterocycles. The van der Waals surface area contributed by atoms with Gasteiger partial charge in [0.15, 0.2) is 6.29 Å². The van der Waals surface area contributed by atoms with Crippen molar-refractivity contribution in [3.63, 3.8) is 0 Å². The molecule has 1 aromatic rings. The first-order valence-corrected chi connectivity index (χ1v) is 8.27. The minimum absolute atomic E-state index is 0.00742. The van der Waals surface area contributed by atoms with Crippen molar-refractivity contribution in [3.8, 4) is 0 Å². The van der Waals surface area contributed by atoms with Crippen LogP contribution in [0.2, 0.25) is 0 Å². The Balaban J connectivity index is 1.79. The number of carbonyl (C=O) groups is 2. The molecule has 1 aromatic carbocycles. The molecule has 0 radical (unpaired) electrons. The molecular weight excluding hydrogens is 310 g/mol. The molecule has 24 heavy (non-hydrogen) atoms. The van der Waals surface area contributed by atoms with Crippen LogP contribution in [0.5, 0.6) is 0 Å². The summed E-state index contributed by atoms with van der Waals surface area (Å²) in [5.41, 5.74) is 0.847. The lowest BCUT2D eigenvalue weighted by molar-refractivity contribution is -0.131. The minimum Gasteiger partial charge on any atom is -0.351 e. The van der Waals surface area contributed by atoms with Crippen LogP contribution in [-0.2, 0) is 14.3 Å². The molecule has 1 saturated heterocycles. The number of amides is 3. The van der Waals surface area contributed by atoms with Crippen LogP contribution in [0.15, 0.2) is 30.3 Å². The fourth-order valence-corrected chi connectivity index (χ4v) is 2.61. The van der Waals surface area contributed by atoms with Gasteiger partial charge in [-0.05, 0) is 26.0 Å². The second kappa shape index (κ2) is 9.24. The number of rotatable bonds is 8. The molecule has 1 aliphatic rings. The first-order valence-electron chi connectivity index (χ1n) is 8.27. The molecule has 0 bridgehead atoms. The first kappa shape index (κ1) is 18.2. The minimum atomic E-state index is -0.461. The molecule has 0 aliphatic carbocycles. The van der Waals surface area contributed by atoms with Crippen molar-refractivity contribution in [2.24, 2.45) is 0 Å². The van der Waals surface area contributed by atoms with E-state index in [1.165, 1.54) is 0 Å². The van der Waals surface area contributed by atoms with Gasteiger partial charge in [0.1, 0.15) is 0 Å². The largest absolute Gasteiger partial charge is 0.351 e. The molecule has 0 unspecified atom stereocenters. The molecule has 3 amide bonds. The summed E-state index contributed by atoms with van der Waals surface area (Å²) in [6.45, 7) is 5.49. The third-order valence-electron chi connectivity index (χ3n) is 3.66. The van der Waals surface area contributed by atoms with Crippen LogP contribution >= 0.6 is 0 Å². The van der Waals surface area contributed by atoms with Gasteiger partial charge in [0, 0.05) is 31.9 Å². The fourth-order valence-electron chi connectivity index (χ4n) is 2.61. The number of benzene rings is 1. The number of ether oxygens (including phenoxy) is 2. The van der Waals surface area contributed by atoms with E-state index in [9.17, 15) is 9.59 Å². The number of urea groups is 1. The van der Waals surface area contributed by atoms with Gasteiger partial charge < -0.3 is 25.0 Å². The molecule has 7 nitrogen and oxygen atoms in total. The maximum absolute atomic E-state index is 12.1. The third-order valence-corrected chi connectivity index (χ3v) is 3.66. The van der Waals surface area contributed by atoms with E-state index in [1.54, 1.807) is 4.90 Å². The first-order chi connectivity index (χ1) is 11.6. The quantitative estimate of drug-likeness (QED) is 0.706. The Bertz CT molecular complexity index is 532. The Labute approximate surface area is 142 Å². The summed E-state index contributed by atoms with van der Waals surface area (Å²) < 4.78 is 10.7. The van der Waals surface area contributed by atoms with Crippen LogP contribution < -0.4 is 15.5 Å². The van der Waals surface area contributed by atoms with Crippen molar-refractivity contribution in [1.82, 2.24) is 10.6 Å². The van der Waals surface area contributed by atoms with E-state index in [2.05, 4.69) is 10.6 Å². The highest BCUT2D eigenvalue weighted by Gasteiger charge is 2.31. The van der Waals surface area contributed by atoms with E-state index in [-0.39, 0.29) is 24.5 Å². The van der Waals surface area contributed by atoms with Gasteiger partial charge in [0.05, 0.1) is 12.6 Å². The maximum Gasteiger partial charge on any atom is 0.315 e. The molecular formula is C17H25N3O4. The van der Waals surface area contributed by atoms with Crippen LogP contribution in [-0.4, -0.2) is 50.6 Å². The number of para-hydroxylation sites is 1. The Morgan fingerprint density at radius 2 is 1.92 bits per heavy atom. The van der Waals surface area contributed by atoms with E-state index in [0.717, 1.165) is 5.69 Å². The second-order valence-electron chi connectivity index (χ2n) is 5.44. The van der Waals surface area contributed by atoms with E-state index >= 15 is 0 Å². The highest BCUT2D eigenvalue weighted by atomic mass is 16.7. The van der Waals surface area contributed by atoms with Crippen LogP contribution in [0.1, 0.15) is 20.3 Å². The normalized spacial score (nSPS) is 17.4. The Kier molecular flexibility index (Phi) is 7.02. The highest BCUT2D eigenvalue weighted by molar-refractivity contribution is 5.96. The van der Waals surface area contributed by atoms with E-state index in [4.69, 9.17) is 9.47 Å². The Morgan fingerprint density at radius 3 is 2.54 bits per heavy atom. The number of nitrogens with one attached hydrogen (secondary N) is 2. The van der Waals surface area contributed by atoms with Crippen molar-refractivity contribution in [1.29, 1.82) is 0 Å². The predicted octanol–water partition coefficient (Wildman–Crippen LogP) is 1.49. The van der Waals surface area contributed by atoms with Crippen LogP contribution in [0.4, 0.5) is 10.5 Å². The molecule has 1 atom stereocenters. The van der Waals surface area contributed by atoms with Crippen LogP contribution in [0.25, 0.3) is 0 Å². The summed E-state index contributed by atoms with van der Waals surface area (Å²) in [5.74, 6) is 0.00742. The Morgan fingerprint density at radius 1 is 1.25 bits per heavy atom. The summed E-state index contributed by atoms with van der Waals surface area (Å²) in [4.78, 5) is 25.8. The zero-order valence-corrected chi connectivity index (χ0v) is 14.2. The van der Waals surface area contributed by atoms with Crippen molar-refractivity contribution >= 4 is 17.6 Å². The summed E-state index contributed by atoms with van der Waals surface area (Å²) in [6, 6.07) is 8.91. The summed E-state index contributed by atoms with van der Waals surface area (Å²) in [7, 11) is 0. The van der Waals surface area contributed by atoms with Crippen molar-refractivity contribution in [2.45, 2.75) is 32.6 Å². The average Bonchev–Trinajstić information content (AvgIpc) is 2.94. The van der Waals surface area contributed by atoms with Crippen molar-refractivity contribution in [3.05, 3.63) is 30.3 Å². The van der Waals surface area contributed by atoms with E-state index in [1.807, 2.05) is 44.2 Å². The van der Waals surface area contributed by atoms with E-state index in [0.29, 0.717) is 26.2 Å². The number of hydrogen-bond donors (Lipinski definition) is 2. The lowest BCUT2D eigenvalue weighted by Crippen LogP contribution is -2.46. The van der Waals surface area contributed by atoms with Gasteiger partial charge in [0.2, 0.25) is 5.91 Å². The van der Waals surface area contributed by atoms with Crippen LogP contribution in [0, 0.1) is 0 Å². The zero-order valence-electron chi connectivity index (χ0n) is 14.2. The monoisotopic (exact) mass is 335 g/mol. The zero-order chi connectivity index (χ0) is 17.4. The molecule has 0 saturated carbocycles. The van der Waals surface area contributed by atoms with Gasteiger partial charge in [-0.2, -0.15) is 0 Å². The number of carbonyl (C=O) groups excluding carboxylic acids is 2. The molecule has 1 fully saturated rings. The van der Waals surface area contributed by atoms with Crippen LogP contribution in [0.3, 0.4) is 0 Å². The standard InChI is InChI=1S/C17H25N3O4/c1-3-23-16(24-4-2)11-18-17(22)19-13-10-15(21)20(12-13)14-8-6-5-7-9-14/h5-9,13,16H,3-4,10-12H2,1-2H3,(H2,18,19,22)/t13-/m0/s1. The fraction of sp³-hybridized carbons (Fsp3) is 0.529. The van der Waals surface area contributed by atoms with Gasteiger partial charge in [-0.25, -0.2) is 4.79 Å². The molecule has 2 rings (SSSR count). The van der Waals surface area contributed by atoms with Gasteiger partial charge >= 0.3 is 6.03 Å². The summed E-state index contributed by atoms with van der Waals surface area (Å²) in [6.07, 6.45) is -0.167. The summed E-state index contributed by atoms with van der Waals surface area (Å²) in [5, 5.41) is 5.54. The average molecular weight is 335 g/mol. The Hall–Kier alpha value is -2.12.